The Morgan fingerprint density at radius 3 is 2.29 bits per heavy atom. The Morgan fingerprint density at radius 1 is 1.25 bits per heavy atom. The third kappa shape index (κ3) is 6.88. The number of allylic oxidation sites excluding steroid dienone is 2. The summed E-state index contributed by atoms with van der Waals surface area (Å²) in [4.78, 5) is 21.8. The van der Waals surface area contributed by atoms with E-state index < -0.39 is 0 Å². The number of hydrogen-bond acceptors (Lipinski definition) is 6. The van der Waals surface area contributed by atoms with Crippen molar-refractivity contribution in [2.45, 2.75) is 59.9 Å². The van der Waals surface area contributed by atoms with Gasteiger partial charge in [0, 0.05) is 11.3 Å². The summed E-state index contributed by atoms with van der Waals surface area (Å²) in [5.74, 6) is 1.38. The largest absolute Gasteiger partial charge is 0.436 e. The van der Waals surface area contributed by atoms with Gasteiger partial charge in [0.2, 0.25) is 5.88 Å². The fraction of sp³-hybridized carbons (Fsp3) is 0.450. The zero-order valence-corrected chi connectivity index (χ0v) is 17.9. The summed E-state index contributed by atoms with van der Waals surface area (Å²) < 4.78 is 5.48. The number of rotatable bonds is 7. The van der Waals surface area contributed by atoms with Crippen LogP contribution in [0, 0.1) is 4.91 Å². The van der Waals surface area contributed by atoms with Crippen molar-refractivity contribution in [1.82, 2.24) is 15.3 Å². The molecule has 0 atom stereocenters. The maximum atomic E-state index is 9.72. The highest BCUT2D eigenvalue weighted by Gasteiger charge is 2.24. The van der Waals surface area contributed by atoms with Crippen LogP contribution in [-0.2, 0) is 0 Å². The van der Waals surface area contributed by atoms with Crippen LogP contribution in [-0.4, -0.2) is 21.8 Å². The van der Waals surface area contributed by atoms with E-state index in [1.165, 1.54) is 6.33 Å². The average Bonchev–Trinajstić information content (AvgIpc) is 2.99. The molecule has 0 amide bonds. The Hall–Kier alpha value is -2.54. The molecule has 0 bridgehead atoms. The molecule has 2 rings (SSSR count). The first kappa shape index (κ1) is 23.5. The molecule has 152 valence electrons. The topological polar surface area (TPSA) is 88.8 Å². The summed E-state index contributed by atoms with van der Waals surface area (Å²) in [6.45, 7) is 13.7. The van der Waals surface area contributed by atoms with Crippen LogP contribution < -0.4 is 10.1 Å². The minimum Gasteiger partial charge on any atom is -0.436 e. The van der Waals surface area contributed by atoms with Gasteiger partial charge in [-0.15, -0.1) is 0 Å². The molecule has 1 N–H and O–H groups in total. The van der Waals surface area contributed by atoms with Crippen molar-refractivity contribution in [2.75, 3.05) is 0 Å². The number of amidine groups is 1. The highest BCUT2D eigenvalue weighted by Crippen LogP contribution is 2.30. The molecule has 7 nitrogen and oxygen atoms in total. The molecule has 1 aromatic rings. The number of aliphatic imine (C=N–C) groups is 1. The number of halogens is 1. The second-order valence-corrected chi connectivity index (χ2v) is 6.63. The molecule has 0 aromatic carbocycles. The minimum atomic E-state index is 0.0556. The predicted octanol–water partition coefficient (Wildman–Crippen LogP) is 5.47. The molecule has 1 aliphatic heterocycles. The molecule has 0 fully saturated rings. The van der Waals surface area contributed by atoms with Crippen LogP contribution >= 0.6 is 11.6 Å². The molecular formula is C20H28ClN5O2. The first-order valence-electron chi connectivity index (χ1n) is 9.24. The van der Waals surface area contributed by atoms with Gasteiger partial charge >= 0.3 is 0 Å². The third-order valence-corrected chi connectivity index (χ3v) is 4.36. The molecule has 0 aliphatic carbocycles. The van der Waals surface area contributed by atoms with Crippen LogP contribution in [0.3, 0.4) is 0 Å². The number of nitrogens with one attached hydrogen (secondary N) is 1. The van der Waals surface area contributed by atoms with Crippen LogP contribution in [0.1, 0.15) is 53.9 Å². The van der Waals surface area contributed by atoms with Crippen molar-refractivity contribution in [3.63, 3.8) is 0 Å². The van der Waals surface area contributed by atoms with Crippen molar-refractivity contribution >= 4 is 17.4 Å². The van der Waals surface area contributed by atoms with Gasteiger partial charge in [-0.2, -0.15) is 9.90 Å². The summed E-state index contributed by atoms with van der Waals surface area (Å²) in [6, 6.07) is 0.0556. The molecule has 0 spiro atoms. The van der Waals surface area contributed by atoms with Crippen molar-refractivity contribution in [3.05, 3.63) is 58.0 Å². The van der Waals surface area contributed by atoms with Crippen LogP contribution in [0.15, 0.2) is 63.2 Å². The lowest BCUT2D eigenvalue weighted by molar-refractivity contribution is 0.419. The number of nitroso groups, excluding NO2 is 1. The van der Waals surface area contributed by atoms with E-state index in [2.05, 4.69) is 32.0 Å². The first-order chi connectivity index (χ1) is 13.4. The lowest BCUT2D eigenvalue weighted by Crippen LogP contribution is -2.18. The van der Waals surface area contributed by atoms with E-state index in [4.69, 9.17) is 16.3 Å². The van der Waals surface area contributed by atoms with Crippen LogP contribution in [0.2, 0.25) is 0 Å². The Bertz CT molecular complexity index is 764. The fourth-order valence-corrected chi connectivity index (χ4v) is 2.82. The average molecular weight is 406 g/mol. The van der Waals surface area contributed by atoms with Crippen molar-refractivity contribution in [3.8, 4) is 5.75 Å². The standard InChI is InChI=1S/C15H17ClN4O.C5H11NO/c1-5-12-14(16)13(9(2)3)15(20-12)19-10(4)21-11-6-17-8-18-7-11;1-3-5(4-2)6-7/h6-8H,4-5H2,1-3H3,(H,19,20);5H,3-4H2,1-2H3. The number of aromatic nitrogens is 2. The zero-order valence-electron chi connectivity index (χ0n) is 17.1. The second-order valence-electron chi connectivity index (χ2n) is 6.25. The highest BCUT2D eigenvalue weighted by molar-refractivity contribution is 6.38. The van der Waals surface area contributed by atoms with Gasteiger partial charge in [-0.1, -0.05) is 43.1 Å². The van der Waals surface area contributed by atoms with E-state index in [9.17, 15) is 4.91 Å². The second kappa shape index (κ2) is 12.0. The van der Waals surface area contributed by atoms with Gasteiger partial charge in [0.25, 0.3) is 0 Å². The normalized spacial score (nSPS) is 14.5. The number of ether oxygens (including phenoxy) is 1. The molecule has 0 saturated heterocycles. The zero-order chi connectivity index (χ0) is 21.1. The Kier molecular flexibility index (Phi) is 10.1. The summed E-state index contributed by atoms with van der Waals surface area (Å²) >= 11 is 6.37. The van der Waals surface area contributed by atoms with Gasteiger partial charge in [-0.3, -0.25) is 0 Å². The summed E-state index contributed by atoms with van der Waals surface area (Å²) in [7, 11) is 0. The van der Waals surface area contributed by atoms with Crippen LogP contribution in [0.4, 0.5) is 0 Å². The number of nitrogens with zero attached hydrogens (tertiary/aromatic N) is 4. The van der Waals surface area contributed by atoms with E-state index in [0.29, 0.717) is 16.6 Å². The van der Waals surface area contributed by atoms with Crippen LogP contribution in [0.25, 0.3) is 0 Å². The molecule has 28 heavy (non-hydrogen) atoms. The monoisotopic (exact) mass is 405 g/mol. The summed E-state index contributed by atoms with van der Waals surface area (Å²) in [5.41, 5.74) is 2.91. The van der Waals surface area contributed by atoms with Crippen molar-refractivity contribution in [2.24, 2.45) is 10.2 Å². The quantitative estimate of drug-likeness (QED) is 0.480. The van der Waals surface area contributed by atoms with E-state index in [-0.39, 0.29) is 11.9 Å². The molecule has 1 aromatic heterocycles. The van der Waals surface area contributed by atoms with E-state index in [1.807, 2.05) is 34.6 Å². The summed E-state index contributed by atoms with van der Waals surface area (Å²) in [5, 5.41) is 6.78. The molecule has 0 unspecified atom stereocenters. The Labute approximate surface area is 171 Å². The maximum absolute atomic E-state index is 9.72. The van der Waals surface area contributed by atoms with E-state index in [1.54, 1.807) is 12.4 Å². The van der Waals surface area contributed by atoms with Gasteiger partial charge in [0.15, 0.2) is 5.75 Å². The Balaban J connectivity index is 0.000000480. The maximum Gasteiger partial charge on any atom is 0.214 e. The van der Waals surface area contributed by atoms with Gasteiger partial charge in [0.1, 0.15) is 12.2 Å². The smallest absolute Gasteiger partial charge is 0.214 e. The molecule has 0 radical (unpaired) electrons. The SMILES string of the molecule is C=C(/N=C1/NC(CC)=C(Cl)C1=C(C)C)Oc1cncnc1.CCC(CC)N=O. The fourth-order valence-electron chi connectivity index (χ4n) is 2.36. The van der Waals surface area contributed by atoms with E-state index in [0.717, 1.165) is 36.1 Å². The van der Waals surface area contributed by atoms with Crippen molar-refractivity contribution < 1.29 is 4.74 Å². The Morgan fingerprint density at radius 2 is 1.86 bits per heavy atom. The van der Waals surface area contributed by atoms with Crippen molar-refractivity contribution in [1.29, 1.82) is 0 Å². The van der Waals surface area contributed by atoms with Gasteiger partial charge in [-0.25, -0.2) is 9.97 Å². The lowest BCUT2D eigenvalue weighted by atomic mass is 10.1. The molecular weight excluding hydrogens is 378 g/mol. The van der Waals surface area contributed by atoms with Crippen LogP contribution in [0.5, 0.6) is 5.75 Å². The highest BCUT2D eigenvalue weighted by atomic mass is 35.5. The summed E-state index contributed by atoms with van der Waals surface area (Å²) in [6.07, 6.45) is 7.07. The van der Waals surface area contributed by atoms with E-state index >= 15 is 0 Å². The molecule has 1 aliphatic rings. The molecule has 2 heterocycles. The molecule has 8 heteroatoms. The minimum absolute atomic E-state index is 0.0556. The molecule has 0 saturated carbocycles. The predicted molar refractivity (Wildman–Crippen MR) is 114 cm³/mol. The third-order valence-electron chi connectivity index (χ3n) is 3.94. The van der Waals surface area contributed by atoms with Gasteiger partial charge < -0.3 is 10.1 Å². The first-order valence-corrected chi connectivity index (χ1v) is 9.62. The van der Waals surface area contributed by atoms with Gasteiger partial charge in [0.05, 0.1) is 23.5 Å². The number of hydrogen-bond donors (Lipinski definition) is 1. The lowest BCUT2D eigenvalue weighted by Gasteiger charge is -2.07. The van der Waals surface area contributed by atoms with Gasteiger partial charge in [-0.05, 0) is 39.7 Å².